The molecule has 1 aliphatic rings. The number of carbonyl (C=O) groups is 1. The fraction of sp³-hybridized carbons (Fsp3) is 0.833. The summed E-state index contributed by atoms with van der Waals surface area (Å²) in [5, 5.41) is 5.87. The maximum absolute atomic E-state index is 11.2. The van der Waals surface area contributed by atoms with Crippen molar-refractivity contribution < 1.29 is 4.79 Å². The zero-order chi connectivity index (χ0) is 8.10. The maximum Gasteiger partial charge on any atom is 0.238 e. The Morgan fingerprint density at radius 3 is 3.00 bits per heavy atom. The number of nitrogens with one attached hydrogen (secondary N) is 2. The number of rotatable bonds is 3. The highest BCUT2D eigenvalue weighted by Crippen LogP contribution is 2.08. The molecule has 0 spiro atoms. The van der Waals surface area contributed by atoms with E-state index in [4.69, 9.17) is 0 Å². The van der Waals surface area contributed by atoms with Crippen LogP contribution in [-0.4, -0.2) is 35.9 Å². The summed E-state index contributed by atoms with van der Waals surface area (Å²) >= 11 is 5.75. The number of thioether (sulfide) groups is 1. The number of thiol groups is 1. The average molecular weight is 229 g/mol. The van der Waals surface area contributed by atoms with E-state index < -0.39 is 0 Å². The highest BCUT2D eigenvalue weighted by molar-refractivity contribution is 7.99. The van der Waals surface area contributed by atoms with Crippen molar-refractivity contribution in [2.24, 2.45) is 0 Å². The van der Waals surface area contributed by atoms with Crippen LogP contribution in [0.5, 0.6) is 0 Å². The van der Waals surface area contributed by atoms with Crippen LogP contribution in [0.3, 0.4) is 0 Å². The minimum absolute atomic E-state index is 0. The topological polar surface area (TPSA) is 41.1 Å². The summed E-state index contributed by atoms with van der Waals surface area (Å²) in [5.74, 6) is 2.58. The number of hydrogen-bond acceptors (Lipinski definition) is 4. The summed E-state index contributed by atoms with van der Waals surface area (Å²) in [6.45, 7) is 0.658. The second-order valence-electron chi connectivity index (χ2n) is 2.29. The Kier molecular flexibility index (Phi) is 7.13. The molecule has 0 aromatic heterocycles. The average Bonchev–Trinajstić information content (AvgIpc) is 2.52. The highest BCUT2D eigenvalue weighted by Gasteiger charge is 2.21. The van der Waals surface area contributed by atoms with Crippen LogP contribution < -0.4 is 10.6 Å². The molecule has 1 aliphatic heterocycles. The molecule has 72 valence electrons. The van der Waals surface area contributed by atoms with E-state index in [1.54, 1.807) is 11.8 Å². The first-order valence-electron chi connectivity index (χ1n) is 3.54. The van der Waals surface area contributed by atoms with Gasteiger partial charge in [-0.05, 0) is 0 Å². The largest absolute Gasteiger partial charge is 0.354 e. The Morgan fingerprint density at radius 1 is 1.75 bits per heavy atom. The fourth-order valence-corrected chi connectivity index (χ4v) is 1.92. The Morgan fingerprint density at radius 2 is 2.50 bits per heavy atom. The molecule has 2 N–H and O–H groups in total. The first-order chi connectivity index (χ1) is 5.34. The summed E-state index contributed by atoms with van der Waals surface area (Å²) in [4.78, 5) is 11.2. The lowest BCUT2D eigenvalue weighted by atomic mass is 10.3. The highest BCUT2D eigenvalue weighted by atomic mass is 35.5. The number of amides is 1. The molecule has 1 atom stereocenters. The van der Waals surface area contributed by atoms with Crippen LogP contribution >= 0.6 is 36.8 Å². The van der Waals surface area contributed by atoms with Gasteiger partial charge >= 0.3 is 0 Å². The molecule has 0 aliphatic carbocycles. The number of hydrogen-bond donors (Lipinski definition) is 3. The monoisotopic (exact) mass is 228 g/mol. The molecule has 1 amide bonds. The van der Waals surface area contributed by atoms with Crippen LogP contribution in [0.15, 0.2) is 0 Å². The molecule has 0 saturated carbocycles. The summed E-state index contributed by atoms with van der Waals surface area (Å²) in [7, 11) is 0. The standard InChI is InChI=1S/C6H12N2OS2.ClH/c9-6(7-1-2-10)5-3-11-4-8-5;/h5,8,10H,1-4H2,(H,7,9);1H/t5-;/m0./s1. The molecule has 12 heavy (non-hydrogen) atoms. The van der Waals surface area contributed by atoms with Crippen LogP contribution in [0, 0.1) is 0 Å². The molecule has 0 bridgehead atoms. The van der Waals surface area contributed by atoms with Gasteiger partial charge in [0.25, 0.3) is 0 Å². The van der Waals surface area contributed by atoms with Gasteiger partial charge in [-0.2, -0.15) is 12.6 Å². The van der Waals surface area contributed by atoms with Crippen molar-refractivity contribution in [1.29, 1.82) is 0 Å². The van der Waals surface area contributed by atoms with Gasteiger partial charge in [-0.15, -0.1) is 24.2 Å². The van der Waals surface area contributed by atoms with Crippen LogP contribution in [0.1, 0.15) is 0 Å². The quantitative estimate of drug-likeness (QED) is 0.601. The summed E-state index contributed by atoms with van der Waals surface area (Å²) in [5.41, 5.74) is 0. The van der Waals surface area contributed by atoms with E-state index in [1.807, 2.05) is 0 Å². The molecule has 3 nitrogen and oxygen atoms in total. The zero-order valence-electron chi connectivity index (χ0n) is 6.58. The Balaban J connectivity index is 0.00000121. The van der Waals surface area contributed by atoms with Crippen molar-refractivity contribution >= 4 is 42.7 Å². The van der Waals surface area contributed by atoms with Gasteiger partial charge in [0.15, 0.2) is 0 Å². The van der Waals surface area contributed by atoms with Gasteiger partial charge in [0, 0.05) is 23.9 Å². The van der Waals surface area contributed by atoms with Gasteiger partial charge in [0.2, 0.25) is 5.91 Å². The normalized spacial score (nSPS) is 21.6. The van der Waals surface area contributed by atoms with E-state index in [2.05, 4.69) is 23.3 Å². The van der Waals surface area contributed by atoms with E-state index >= 15 is 0 Å². The van der Waals surface area contributed by atoms with Gasteiger partial charge in [-0.25, -0.2) is 0 Å². The zero-order valence-corrected chi connectivity index (χ0v) is 9.11. The number of halogens is 1. The van der Waals surface area contributed by atoms with Crippen molar-refractivity contribution in [1.82, 2.24) is 10.6 Å². The predicted molar refractivity (Wildman–Crippen MR) is 58.4 cm³/mol. The number of carbonyl (C=O) groups excluding carboxylic acids is 1. The smallest absolute Gasteiger partial charge is 0.238 e. The maximum atomic E-state index is 11.2. The third-order valence-corrected chi connectivity index (χ3v) is 2.61. The van der Waals surface area contributed by atoms with Crippen molar-refractivity contribution in [3.63, 3.8) is 0 Å². The first-order valence-corrected chi connectivity index (χ1v) is 5.33. The Hall–Kier alpha value is 0.420. The summed E-state index contributed by atoms with van der Waals surface area (Å²) in [6.07, 6.45) is 0. The summed E-state index contributed by atoms with van der Waals surface area (Å²) < 4.78 is 0. The lowest BCUT2D eigenvalue weighted by Gasteiger charge is -2.08. The third kappa shape index (κ3) is 3.89. The van der Waals surface area contributed by atoms with Crippen LogP contribution in [0.4, 0.5) is 0 Å². The second-order valence-corrected chi connectivity index (χ2v) is 3.76. The third-order valence-electron chi connectivity index (χ3n) is 1.44. The molecule has 0 unspecified atom stereocenters. The van der Waals surface area contributed by atoms with E-state index in [0.717, 1.165) is 11.6 Å². The Bertz CT molecular complexity index is 142. The van der Waals surface area contributed by atoms with Crippen molar-refractivity contribution in [2.75, 3.05) is 23.9 Å². The molecular formula is C6H13ClN2OS2. The van der Waals surface area contributed by atoms with Gasteiger partial charge in [-0.1, -0.05) is 0 Å². The molecule has 0 aromatic carbocycles. The van der Waals surface area contributed by atoms with E-state index in [1.165, 1.54) is 0 Å². The summed E-state index contributed by atoms with van der Waals surface area (Å²) in [6, 6.07) is 0.0138. The molecule has 1 heterocycles. The molecule has 0 radical (unpaired) electrons. The van der Waals surface area contributed by atoms with Crippen LogP contribution in [0.25, 0.3) is 0 Å². The van der Waals surface area contributed by atoms with Gasteiger partial charge in [0.05, 0.1) is 6.04 Å². The lowest BCUT2D eigenvalue weighted by Crippen LogP contribution is -2.42. The van der Waals surface area contributed by atoms with Crippen molar-refractivity contribution in [3.05, 3.63) is 0 Å². The minimum atomic E-state index is 0. The lowest BCUT2D eigenvalue weighted by molar-refractivity contribution is -0.122. The molecule has 1 rings (SSSR count). The second kappa shape index (κ2) is 6.88. The Labute approximate surface area is 88.3 Å². The van der Waals surface area contributed by atoms with Crippen LogP contribution in [0.2, 0.25) is 0 Å². The van der Waals surface area contributed by atoms with Gasteiger partial charge < -0.3 is 5.32 Å². The van der Waals surface area contributed by atoms with Crippen molar-refractivity contribution in [3.8, 4) is 0 Å². The first kappa shape index (κ1) is 12.4. The van der Waals surface area contributed by atoms with E-state index in [9.17, 15) is 4.79 Å². The SMILES string of the molecule is Cl.O=C(NCCS)[C@@H]1CSCN1. The fourth-order valence-electron chi connectivity index (χ4n) is 0.866. The van der Waals surface area contributed by atoms with E-state index in [0.29, 0.717) is 12.3 Å². The van der Waals surface area contributed by atoms with Gasteiger partial charge in [-0.3, -0.25) is 10.1 Å². The van der Waals surface area contributed by atoms with Crippen LogP contribution in [-0.2, 0) is 4.79 Å². The predicted octanol–water partition coefficient (Wildman–Crippen LogP) is 0.117. The molecule has 1 saturated heterocycles. The van der Waals surface area contributed by atoms with Gasteiger partial charge in [0.1, 0.15) is 0 Å². The van der Waals surface area contributed by atoms with E-state index in [-0.39, 0.29) is 24.4 Å². The molecule has 1 fully saturated rings. The van der Waals surface area contributed by atoms with Crippen molar-refractivity contribution in [2.45, 2.75) is 6.04 Å². The minimum Gasteiger partial charge on any atom is -0.354 e. The molecule has 6 heteroatoms. The molecular weight excluding hydrogens is 216 g/mol. The molecule has 0 aromatic rings.